The van der Waals surface area contributed by atoms with Crippen LogP contribution in [0.25, 0.3) is 11.3 Å². The lowest BCUT2D eigenvalue weighted by Gasteiger charge is -2.10. The second-order valence-corrected chi connectivity index (χ2v) is 4.52. The molecule has 19 heavy (non-hydrogen) atoms. The van der Waals surface area contributed by atoms with E-state index in [0.29, 0.717) is 33.5 Å². The van der Waals surface area contributed by atoms with Crippen molar-refractivity contribution < 1.29 is 9.84 Å². The number of aliphatic hydroxyl groups excluding tert-OH is 1. The molecular formula is C13H14ClN3O2. The molecule has 2 heterocycles. The Balaban J connectivity index is 2.50. The molecule has 0 aliphatic carbocycles. The van der Waals surface area contributed by atoms with Crippen LogP contribution in [0.4, 0.5) is 0 Å². The minimum absolute atomic E-state index is 0.457. The number of pyridine rings is 1. The summed E-state index contributed by atoms with van der Waals surface area (Å²) in [7, 11) is 1.54. The number of hydrogen-bond acceptors (Lipinski definition) is 5. The van der Waals surface area contributed by atoms with E-state index in [9.17, 15) is 5.11 Å². The number of halogens is 1. The molecule has 1 unspecified atom stereocenters. The van der Waals surface area contributed by atoms with Crippen molar-refractivity contribution in [2.75, 3.05) is 7.11 Å². The van der Waals surface area contributed by atoms with Gasteiger partial charge in [-0.2, -0.15) is 0 Å². The molecule has 6 heteroatoms. The maximum absolute atomic E-state index is 9.54. The van der Waals surface area contributed by atoms with Gasteiger partial charge in [-0.25, -0.2) is 9.97 Å². The van der Waals surface area contributed by atoms with Crippen LogP contribution in [0, 0.1) is 6.92 Å². The van der Waals surface area contributed by atoms with Crippen LogP contribution in [0.3, 0.4) is 0 Å². The molecule has 2 aromatic heterocycles. The first-order valence-corrected chi connectivity index (χ1v) is 6.12. The lowest BCUT2D eigenvalue weighted by Crippen LogP contribution is -2.02. The number of aryl methyl sites for hydroxylation is 1. The van der Waals surface area contributed by atoms with Gasteiger partial charge in [-0.3, -0.25) is 4.98 Å². The molecule has 2 aromatic rings. The topological polar surface area (TPSA) is 68.1 Å². The Labute approximate surface area is 116 Å². The van der Waals surface area contributed by atoms with Crippen molar-refractivity contribution in [3.8, 4) is 17.1 Å². The third-order valence-electron chi connectivity index (χ3n) is 2.70. The summed E-state index contributed by atoms with van der Waals surface area (Å²) in [6.45, 7) is 3.45. The van der Waals surface area contributed by atoms with Gasteiger partial charge in [-0.1, -0.05) is 11.6 Å². The molecule has 0 amide bonds. The molecular weight excluding hydrogens is 266 g/mol. The van der Waals surface area contributed by atoms with Crippen LogP contribution in [0.2, 0.25) is 5.02 Å². The van der Waals surface area contributed by atoms with Crippen LogP contribution in [0.5, 0.6) is 5.88 Å². The summed E-state index contributed by atoms with van der Waals surface area (Å²) in [6.07, 6.45) is 2.44. The fraction of sp³-hybridized carbons (Fsp3) is 0.308. The van der Waals surface area contributed by atoms with Crippen LogP contribution in [-0.4, -0.2) is 27.2 Å². The average Bonchev–Trinajstić information content (AvgIpc) is 2.38. The van der Waals surface area contributed by atoms with Gasteiger partial charge in [0.2, 0.25) is 5.88 Å². The maximum atomic E-state index is 9.54. The average molecular weight is 280 g/mol. The van der Waals surface area contributed by atoms with Gasteiger partial charge in [-0.05, 0) is 13.8 Å². The Kier molecular flexibility index (Phi) is 3.97. The van der Waals surface area contributed by atoms with E-state index in [2.05, 4.69) is 15.0 Å². The summed E-state index contributed by atoms with van der Waals surface area (Å²) in [5, 5.41) is 10.0. The van der Waals surface area contributed by atoms with E-state index >= 15 is 0 Å². The van der Waals surface area contributed by atoms with E-state index in [0.717, 1.165) is 0 Å². The lowest BCUT2D eigenvalue weighted by molar-refractivity contribution is 0.193. The van der Waals surface area contributed by atoms with Gasteiger partial charge >= 0.3 is 0 Å². The zero-order valence-electron chi connectivity index (χ0n) is 10.9. The van der Waals surface area contributed by atoms with Crippen molar-refractivity contribution in [3.05, 3.63) is 34.9 Å². The Morgan fingerprint density at radius 3 is 2.63 bits per heavy atom. The highest BCUT2D eigenvalue weighted by Gasteiger charge is 2.12. The van der Waals surface area contributed by atoms with Crippen LogP contribution >= 0.6 is 11.6 Å². The molecule has 1 N–H and O–H groups in total. The SMILES string of the molecule is COc1cc(-c2cnc(C(C)O)c(C)n2)c(Cl)cn1. The van der Waals surface area contributed by atoms with E-state index in [4.69, 9.17) is 16.3 Å². The molecule has 2 rings (SSSR count). The smallest absolute Gasteiger partial charge is 0.213 e. The predicted molar refractivity (Wildman–Crippen MR) is 72.2 cm³/mol. The van der Waals surface area contributed by atoms with Gasteiger partial charge in [-0.15, -0.1) is 0 Å². The van der Waals surface area contributed by atoms with Gasteiger partial charge in [0.1, 0.15) is 0 Å². The molecule has 0 saturated carbocycles. The van der Waals surface area contributed by atoms with Crippen molar-refractivity contribution in [2.24, 2.45) is 0 Å². The number of ether oxygens (including phenoxy) is 1. The minimum atomic E-state index is -0.649. The fourth-order valence-corrected chi connectivity index (χ4v) is 1.96. The van der Waals surface area contributed by atoms with E-state index < -0.39 is 6.10 Å². The predicted octanol–water partition coefficient (Wildman–Crippen LogP) is 2.56. The lowest BCUT2D eigenvalue weighted by atomic mass is 10.1. The maximum Gasteiger partial charge on any atom is 0.213 e. The summed E-state index contributed by atoms with van der Waals surface area (Å²) in [6, 6.07) is 1.70. The Hall–Kier alpha value is -1.72. The highest BCUT2D eigenvalue weighted by atomic mass is 35.5. The van der Waals surface area contributed by atoms with Gasteiger partial charge in [0.05, 0.1) is 47.7 Å². The molecule has 0 bridgehead atoms. The normalized spacial score (nSPS) is 12.3. The Morgan fingerprint density at radius 1 is 1.32 bits per heavy atom. The van der Waals surface area contributed by atoms with Crippen LogP contribution in [-0.2, 0) is 0 Å². The van der Waals surface area contributed by atoms with Gasteiger partial charge in [0, 0.05) is 11.6 Å². The zero-order valence-corrected chi connectivity index (χ0v) is 11.6. The summed E-state index contributed by atoms with van der Waals surface area (Å²) in [5.74, 6) is 0.457. The fourth-order valence-electron chi connectivity index (χ4n) is 1.76. The minimum Gasteiger partial charge on any atom is -0.481 e. The molecule has 0 aliphatic rings. The summed E-state index contributed by atoms with van der Waals surface area (Å²) >= 11 is 6.11. The van der Waals surface area contributed by atoms with E-state index in [1.54, 1.807) is 26.1 Å². The van der Waals surface area contributed by atoms with Crippen LogP contribution in [0.15, 0.2) is 18.5 Å². The molecule has 0 spiro atoms. The molecule has 0 aromatic carbocycles. The number of aromatic nitrogens is 3. The molecule has 100 valence electrons. The second kappa shape index (κ2) is 5.50. The molecule has 5 nitrogen and oxygen atoms in total. The number of methoxy groups -OCH3 is 1. The number of aliphatic hydroxyl groups is 1. The Bertz CT molecular complexity index is 602. The molecule has 0 aliphatic heterocycles. The standard InChI is InChI=1S/C13H14ClN3O2/c1-7-13(8(2)18)16-6-11(17-7)9-4-12(19-3)15-5-10(9)14/h4-6,8,18H,1-3H3. The quantitative estimate of drug-likeness (QED) is 0.935. The van der Waals surface area contributed by atoms with Crippen LogP contribution in [0.1, 0.15) is 24.4 Å². The van der Waals surface area contributed by atoms with E-state index in [-0.39, 0.29) is 0 Å². The highest BCUT2D eigenvalue weighted by molar-refractivity contribution is 6.33. The van der Waals surface area contributed by atoms with E-state index in [1.165, 1.54) is 13.3 Å². The first-order valence-electron chi connectivity index (χ1n) is 5.74. The second-order valence-electron chi connectivity index (χ2n) is 4.11. The first-order chi connectivity index (χ1) is 9.02. The van der Waals surface area contributed by atoms with Crippen LogP contribution < -0.4 is 4.74 Å². The van der Waals surface area contributed by atoms with Crippen molar-refractivity contribution in [2.45, 2.75) is 20.0 Å². The molecule has 0 radical (unpaired) electrons. The Morgan fingerprint density at radius 2 is 2.05 bits per heavy atom. The summed E-state index contributed by atoms with van der Waals surface area (Å²) < 4.78 is 5.07. The summed E-state index contributed by atoms with van der Waals surface area (Å²) in [5.41, 5.74) is 2.54. The number of hydrogen-bond donors (Lipinski definition) is 1. The molecule has 0 saturated heterocycles. The largest absolute Gasteiger partial charge is 0.481 e. The molecule has 1 atom stereocenters. The zero-order chi connectivity index (χ0) is 14.0. The van der Waals surface area contributed by atoms with Crippen molar-refractivity contribution >= 4 is 11.6 Å². The first kappa shape index (κ1) is 13.7. The number of rotatable bonds is 3. The third-order valence-corrected chi connectivity index (χ3v) is 3.00. The third kappa shape index (κ3) is 2.83. The summed E-state index contributed by atoms with van der Waals surface area (Å²) in [4.78, 5) is 12.6. The highest BCUT2D eigenvalue weighted by Crippen LogP contribution is 2.29. The number of nitrogens with zero attached hydrogens (tertiary/aromatic N) is 3. The van der Waals surface area contributed by atoms with Crippen molar-refractivity contribution in [3.63, 3.8) is 0 Å². The van der Waals surface area contributed by atoms with Gasteiger partial charge in [0.15, 0.2) is 0 Å². The molecule has 0 fully saturated rings. The van der Waals surface area contributed by atoms with Gasteiger partial charge < -0.3 is 9.84 Å². The van der Waals surface area contributed by atoms with Crippen molar-refractivity contribution in [1.82, 2.24) is 15.0 Å². The van der Waals surface area contributed by atoms with E-state index in [1.807, 2.05) is 0 Å². The van der Waals surface area contributed by atoms with Crippen molar-refractivity contribution in [1.29, 1.82) is 0 Å². The van der Waals surface area contributed by atoms with Gasteiger partial charge in [0.25, 0.3) is 0 Å². The monoisotopic (exact) mass is 279 g/mol.